The van der Waals surface area contributed by atoms with Crippen molar-refractivity contribution in [3.63, 3.8) is 0 Å². The number of hydrogen-bond acceptors (Lipinski definition) is 7. The van der Waals surface area contributed by atoms with Crippen LogP contribution in [0.3, 0.4) is 0 Å². The lowest BCUT2D eigenvalue weighted by molar-refractivity contribution is 0.106. The smallest absolute Gasteiger partial charge is 0.407 e. The van der Waals surface area contributed by atoms with Gasteiger partial charge in [-0.3, -0.25) is 0 Å². The number of piperidine rings is 1. The number of carboxylic acid groups (broad SMARTS) is 1. The van der Waals surface area contributed by atoms with Gasteiger partial charge in [0, 0.05) is 45.0 Å². The molecule has 2 aromatic rings. The van der Waals surface area contributed by atoms with Crippen molar-refractivity contribution in [1.82, 2.24) is 19.2 Å². The number of aromatic nitrogens is 2. The Morgan fingerprint density at radius 3 is 2.63 bits per heavy atom. The van der Waals surface area contributed by atoms with Gasteiger partial charge in [0.05, 0.1) is 10.0 Å². The van der Waals surface area contributed by atoms with Gasteiger partial charge in [-0.1, -0.05) is 41.0 Å². The molecule has 1 N–H and O–H groups in total. The molecule has 0 bridgehead atoms. The average molecular weight is 561 g/mol. The molecule has 190 valence electrons. The molecule has 1 aromatic carbocycles. The Bertz CT molecular complexity index is 1180. The molecule has 35 heavy (non-hydrogen) atoms. The molecule has 0 spiro atoms. The summed E-state index contributed by atoms with van der Waals surface area (Å²) in [5.74, 6) is 0.754. The molecule has 0 aliphatic carbocycles. The number of amides is 1. The van der Waals surface area contributed by atoms with Gasteiger partial charge in [0.1, 0.15) is 10.7 Å². The van der Waals surface area contributed by atoms with Gasteiger partial charge in [-0.2, -0.15) is 4.31 Å². The highest BCUT2D eigenvalue weighted by atomic mass is 35.5. The number of rotatable bonds is 7. The van der Waals surface area contributed by atoms with E-state index in [1.165, 1.54) is 33.1 Å². The molecule has 2 saturated heterocycles. The zero-order valence-electron chi connectivity index (χ0n) is 19.2. The monoisotopic (exact) mass is 559 g/mol. The first-order valence-electron chi connectivity index (χ1n) is 11.3. The third-order valence-corrected chi connectivity index (χ3v) is 9.91. The summed E-state index contributed by atoms with van der Waals surface area (Å²) in [5, 5.41) is 10.8. The minimum Gasteiger partial charge on any atom is -0.465 e. The third kappa shape index (κ3) is 5.80. The lowest BCUT2D eigenvalue weighted by Gasteiger charge is -2.38. The molecule has 1 atom stereocenters. The summed E-state index contributed by atoms with van der Waals surface area (Å²) in [4.78, 5) is 24.5. The van der Waals surface area contributed by atoms with Crippen molar-refractivity contribution in [1.29, 1.82) is 0 Å². The highest BCUT2D eigenvalue weighted by Gasteiger charge is 2.37. The largest absolute Gasteiger partial charge is 0.465 e. The third-order valence-electron chi connectivity index (χ3n) is 6.51. The molecule has 2 aliphatic heterocycles. The van der Waals surface area contributed by atoms with Crippen molar-refractivity contribution in [3.8, 4) is 0 Å². The van der Waals surface area contributed by atoms with Gasteiger partial charge in [0.25, 0.3) is 0 Å². The second-order valence-electron chi connectivity index (χ2n) is 8.62. The molecular weight excluding hydrogens is 533 g/mol. The van der Waals surface area contributed by atoms with Gasteiger partial charge in [-0.05, 0) is 49.6 Å². The lowest BCUT2D eigenvalue weighted by atomic mass is 10.0. The molecule has 2 fully saturated rings. The van der Waals surface area contributed by atoms with Crippen LogP contribution in [0.2, 0.25) is 10.0 Å². The Morgan fingerprint density at radius 2 is 1.94 bits per heavy atom. The Labute approximate surface area is 219 Å². The molecule has 0 radical (unpaired) electrons. The van der Waals surface area contributed by atoms with E-state index in [4.69, 9.17) is 23.2 Å². The van der Waals surface area contributed by atoms with Crippen molar-refractivity contribution in [3.05, 3.63) is 40.5 Å². The van der Waals surface area contributed by atoms with Gasteiger partial charge in [-0.25, -0.2) is 23.2 Å². The van der Waals surface area contributed by atoms with Gasteiger partial charge in [-0.15, -0.1) is 0 Å². The minimum atomic E-state index is -3.82. The highest BCUT2D eigenvalue weighted by molar-refractivity contribution is 7.98. The molecule has 1 aromatic heterocycles. The van der Waals surface area contributed by atoms with Crippen LogP contribution < -0.4 is 4.90 Å². The van der Waals surface area contributed by atoms with Crippen LogP contribution in [-0.4, -0.2) is 83.8 Å². The lowest BCUT2D eigenvalue weighted by Crippen LogP contribution is -2.49. The van der Waals surface area contributed by atoms with Crippen LogP contribution in [0.15, 0.2) is 40.5 Å². The Morgan fingerprint density at radius 1 is 1.20 bits per heavy atom. The van der Waals surface area contributed by atoms with Crippen LogP contribution in [0.25, 0.3) is 0 Å². The summed E-state index contributed by atoms with van der Waals surface area (Å²) >= 11 is 13.6. The van der Waals surface area contributed by atoms with E-state index in [2.05, 4.69) is 14.9 Å². The van der Waals surface area contributed by atoms with E-state index in [-0.39, 0.29) is 33.4 Å². The van der Waals surface area contributed by atoms with Crippen LogP contribution in [-0.2, 0) is 10.0 Å². The predicted molar refractivity (Wildman–Crippen MR) is 137 cm³/mol. The standard InChI is InChI=1S/C22H27Cl2N5O4S2/c1-34-21-25-9-5-19(26-21)27-10-7-16(8-11-27)29(22(30)31)14-15-6-12-28(13-15)35(32,33)18-4-2-3-17(23)20(18)24/h2-5,9,15-16H,6-8,10-14H2,1H3,(H,30,31)/t15-/m1/s1. The van der Waals surface area contributed by atoms with E-state index in [9.17, 15) is 18.3 Å². The van der Waals surface area contributed by atoms with E-state index in [1.54, 1.807) is 12.3 Å². The average Bonchev–Trinajstić information content (AvgIpc) is 3.34. The molecule has 4 rings (SSSR count). The number of nitrogens with zero attached hydrogens (tertiary/aromatic N) is 5. The number of halogens is 2. The zero-order chi connectivity index (χ0) is 25.2. The fourth-order valence-electron chi connectivity index (χ4n) is 4.66. The fraction of sp³-hybridized carbons (Fsp3) is 0.500. The van der Waals surface area contributed by atoms with Crippen molar-refractivity contribution in [2.24, 2.45) is 5.92 Å². The summed E-state index contributed by atoms with van der Waals surface area (Å²) in [6.45, 7) is 2.23. The summed E-state index contributed by atoms with van der Waals surface area (Å²) in [5.41, 5.74) is 0. The molecular formula is C22H27Cl2N5O4S2. The maximum absolute atomic E-state index is 13.1. The Balaban J connectivity index is 1.38. The van der Waals surface area contributed by atoms with Crippen LogP contribution >= 0.6 is 35.0 Å². The van der Waals surface area contributed by atoms with Gasteiger partial charge in [0.15, 0.2) is 5.16 Å². The number of benzene rings is 1. The Hall–Kier alpha value is -1.79. The van der Waals surface area contributed by atoms with E-state index in [1.807, 2.05) is 12.3 Å². The van der Waals surface area contributed by atoms with Gasteiger partial charge < -0.3 is 14.9 Å². The molecule has 0 saturated carbocycles. The van der Waals surface area contributed by atoms with Crippen LogP contribution in [0.5, 0.6) is 0 Å². The first-order valence-corrected chi connectivity index (χ1v) is 14.7. The van der Waals surface area contributed by atoms with E-state index < -0.39 is 16.1 Å². The van der Waals surface area contributed by atoms with Crippen LogP contribution in [0.4, 0.5) is 10.6 Å². The van der Waals surface area contributed by atoms with Gasteiger partial charge in [0.2, 0.25) is 10.0 Å². The number of sulfonamides is 1. The summed E-state index contributed by atoms with van der Waals surface area (Å²) in [6.07, 6.45) is 4.62. The SMILES string of the molecule is CSc1nccc(N2CCC(N(C[C@@H]3CCN(S(=O)(=O)c4cccc(Cl)c4Cl)C3)C(=O)O)CC2)n1. The summed E-state index contributed by atoms with van der Waals surface area (Å²) < 4.78 is 27.6. The fourth-order valence-corrected chi connectivity index (χ4v) is 7.28. The topological polar surface area (TPSA) is 107 Å². The number of carbonyl (C=O) groups is 1. The van der Waals surface area contributed by atoms with Crippen LogP contribution in [0.1, 0.15) is 19.3 Å². The van der Waals surface area contributed by atoms with E-state index in [0.29, 0.717) is 50.6 Å². The normalized spacial score (nSPS) is 19.7. The zero-order valence-corrected chi connectivity index (χ0v) is 22.3. The first-order chi connectivity index (χ1) is 16.7. The van der Waals surface area contributed by atoms with Crippen LogP contribution in [0, 0.1) is 5.92 Å². The van der Waals surface area contributed by atoms with Crippen molar-refractivity contribution in [2.75, 3.05) is 43.9 Å². The Kier molecular flexibility index (Phi) is 8.32. The quantitative estimate of drug-likeness (QED) is 0.398. The van der Waals surface area contributed by atoms with Gasteiger partial charge >= 0.3 is 6.09 Å². The summed E-state index contributed by atoms with van der Waals surface area (Å²) in [6, 6.07) is 6.27. The number of anilines is 1. The summed E-state index contributed by atoms with van der Waals surface area (Å²) in [7, 11) is -3.82. The molecule has 0 unspecified atom stereocenters. The number of thioether (sulfide) groups is 1. The molecule has 2 aliphatic rings. The minimum absolute atomic E-state index is 0.00452. The number of hydrogen-bond donors (Lipinski definition) is 1. The van der Waals surface area contributed by atoms with E-state index in [0.717, 1.165) is 5.82 Å². The first kappa shape index (κ1) is 26.3. The highest BCUT2D eigenvalue weighted by Crippen LogP contribution is 2.33. The van der Waals surface area contributed by atoms with Crippen molar-refractivity contribution >= 4 is 56.9 Å². The molecule has 9 nitrogen and oxygen atoms in total. The second kappa shape index (κ2) is 11.1. The maximum atomic E-state index is 13.1. The molecule has 1 amide bonds. The van der Waals surface area contributed by atoms with Crippen molar-refractivity contribution in [2.45, 2.75) is 35.4 Å². The second-order valence-corrected chi connectivity index (χ2v) is 12.1. The van der Waals surface area contributed by atoms with E-state index >= 15 is 0 Å². The maximum Gasteiger partial charge on any atom is 0.407 e. The predicted octanol–water partition coefficient (Wildman–Crippen LogP) is 4.16. The molecule has 3 heterocycles. The molecule has 13 heteroatoms. The van der Waals surface area contributed by atoms with Crippen molar-refractivity contribution < 1.29 is 18.3 Å².